The van der Waals surface area contributed by atoms with Crippen LogP contribution in [0.15, 0.2) is 0 Å². The SMILES string of the molecule is COC(CNC(=O)C1(C)CCCO1)CC(=O)O. The van der Waals surface area contributed by atoms with Crippen molar-refractivity contribution in [1.29, 1.82) is 0 Å². The van der Waals surface area contributed by atoms with Crippen molar-refractivity contribution < 1.29 is 24.2 Å². The molecule has 2 atom stereocenters. The van der Waals surface area contributed by atoms with Crippen LogP contribution in [-0.2, 0) is 19.1 Å². The summed E-state index contributed by atoms with van der Waals surface area (Å²) < 4.78 is 10.4. The van der Waals surface area contributed by atoms with Crippen LogP contribution in [0.1, 0.15) is 26.2 Å². The number of ether oxygens (including phenoxy) is 2. The van der Waals surface area contributed by atoms with E-state index in [9.17, 15) is 9.59 Å². The number of nitrogens with one attached hydrogen (secondary N) is 1. The van der Waals surface area contributed by atoms with Gasteiger partial charge in [0.05, 0.1) is 12.5 Å². The zero-order valence-electron chi connectivity index (χ0n) is 10.2. The van der Waals surface area contributed by atoms with Crippen LogP contribution in [0, 0.1) is 0 Å². The minimum atomic E-state index is -0.950. The van der Waals surface area contributed by atoms with Gasteiger partial charge in [-0.15, -0.1) is 0 Å². The zero-order valence-corrected chi connectivity index (χ0v) is 10.2. The van der Waals surface area contributed by atoms with Crippen LogP contribution < -0.4 is 5.32 Å². The maximum Gasteiger partial charge on any atom is 0.306 e. The van der Waals surface area contributed by atoms with Crippen molar-refractivity contribution in [3.63, 3.8) is 0 Å². The van der Waals surface area contributed by atoms with Gasteiger partial charge in [-0.25, -0.2) is 0 Å². The topological polar surface area (TPSA) is 84.9 Å². The molecule has 1 aliphatic heterocycles. The third-order valence-electron chi connectivity index (χ3n) is 2.93. The molecule has 0 saturated carbocycles. The molecule has 0 aromatic heterocycles. The fraction of sp³-hybridized carbons (Fsp3) is 0.818. The second kappa shape index (κ2) is 5.97. The van der Waals surface area contributed by atoms with E-state index in [1.54, 1.807) is 6.92 Å². The Morgan fingerprint density at radius 1 is 1.59 bits per heavy atom. The first-order valence-corrected chi connectivity index (χ1v) is 5.65. The molecule has 0 aromatic carbocycles. The number of carboxylic acids is 1. The van der Waals surface area contributed by atoms with E-state index >= 15 is 0 Å². The second-order valence-electron chi connectivity index (χ2n) is 4.35. The largest absolute Gasteiger partial charge is 0.481 e. The molecule has 0 spiro atoms. The average molecular weight is 245 g/mol. The highest BCUT2D eigenvalue weighted by Crippen LogP contribution is 2.24. The monoisotopic (exact) mass is 245 g/mol. The lowest BCUT2D eigenvalue weighted by Gasteiger charge is -2.23. The molecule has 1 aliphatic rings. The molecule has 0 bridgehead atoms. The number of methoxy groups -OCH3 is 1. The van der Waals surface area contributed by atoms with Crippen molar-refractivity contribution in [3.8, 4) is 0 Å². The normalized spacial score (nSPS) is 25.5. The summed E-state index contributed by atoms with van der Waals surface area (Å²) in [5, 5.41) is 11.3. The van der Waals surface area contributed by atoms with E-state index in [1.807, 2.05) is 0 Å². The highest BCUT2D eigenvalue weighted by molar-refractivity contribution is 5.85. The lowest BCUT2D eigenvalue weighted by Crippen LogP contribution is -2.46. The molecular weight excluding hydrogens is 226 g/mol. The number of carbonyl (C=O) groups is 2. The smallest absolute Gasteiger partial charge is 0.306 e. The summed E-state index contributed by atoms with van der Waals surface area (Å²) in [4.78, 5) is 22.3. The molecule has 1 amide bonds. The van der Waals surface area contributed by atoms with Crippen LogP contribution in [-0.4, -0.2) is 48.9 Å². The van der Waals surface area contributed by atoms with Gasteiger partial charge in [0.15, 0.2) is 0 Å². The highest BCUT2D eigenvalue weighted by Gasteiger charge is 2.37. The van der Waals surface area contributed by atoms with Crippen LogP contribution in [0.4, 0.5) is 0 Å². The Morgan fingerprint density at radius 2 is 2.29 bits per heavy atom. The van der Waals surface area contributed by atoms with Crippen LogP contribution in [0.5, 0.6) is 0 Å². The summed E-state index contributed by atoms with van der Waals surface area (Å²) in [5.74, 6) is -1.16. The lowest BCUT2D eigenvalue weighted by atomic mass is 10.0. The Kier molecular flexibility index (Phi) is 4.89. The Balaban J connectivity index is 2.38. The van der Waals surface area contributed by atoms with Crippen LogP contribution in [0.2, 0.25) is 0 Å². The van der Waals surface area contributed by atoms with E-state index in [1.165, 1.54) is 7.11 Å². The van der Waals surface area contributed by atoms with E-state index in [4.69, 9.17) is 14.6 Å². The summed E-state index contributed by atoms with van der Waals surface area (Å²) in [6.45, 7) is 2.52. The Bertz CT molecular complexity index is 286. The van der Waals surface area contributed by atoms with Gasteiger partial charge in [-0.3, -0.25) is 9.59 Å². The van der Waals surface area contributed by atoms with E-state index in [2.05, 4.69) is 5.32 Å². The molecule has 17 heavy (non-hydrogen) atoms. The van der Waals surface area contributed by atoms with E-state index < -0.39 is 17.7 Å². The average Bonchev–Trinajstić information content (AvgIpc) is 2.71. The van der Waals surface area contributed by atoms with Gasteiger partial charge in [0.1, 0.15) is 5.60 Å². The van der Waals surface area contributed by atoms with Gasteiger partial charge >= 0.3 is 5.97 Å². The molecule has 98 valence electrons. The van der Waals surface area contributed by atoms with Crippen LogP contribution >= 0.6 is 0 Å². The fourth-order valence-electron chi connectivity index (χ4n) is 1.79. The summed E-state index contributed by atoms with van der Waals surface area (Å²) in [6, 6.07) is 0. The molecule has 2 N–H and O–H groups in total. The zero-order chi connectivity index (χ0) is 12.9. The first kappa shape index (κ1) is 13.9. The molecule has 1 heterocycles. The number of carbonyl (C=O) groups excluding carboxylic acids is 1. The number of hydrogen-bond donors (Lipinski definition) is 2. The van der Waals surface area contributed by atoms with Gasteiger partial charge in [-0.2, -0.15) is 0 Å². The Hall–Kier alpha value is -1.14. The summed E-state index contributed by atoms with van der Waals surface area (Å²) in [5.41, 5.74) is -0.776. The molecule has 2 unspecified atom stereocenters. The number of amides is 1. The van der Waals surface area contributed by atoms with Crippen molar-refractivity contribution in [3.05, 3.63) is 0 Å². The summed E-state index contributed by atoms with van der Waals surface area (Å²) >= 11 is 0. The lowest BCUT2D eigenvalue weighted by molar-refractivity contribution is -0.142. The van der Waals surface area contributed by atoms with Crippen molar-refractivity contribution in [1.82, 2.24) is 5.32 Å². The third-order valence-corrected chi connectivity index (χ3v) is 2.93. The standard InChI is InChI=1S/C11H19NO5/c1-11(4-3-5-17-11)10(15)12-7-8(16-2)6-9(13)14/h8H,3-7H2,1-2H3,(H,12,15)(H,13,14). The molecule has 1 saturated heterocycles. The number of rotatable bonds is 6. The molecular formula is C11H19NO5. The summed E-state index contributed by atoms with van der Waals surface area (Å²) in [6.07, 6.45) is 0.915. The maximum absolute atomic E-state index is 11.8. The van der Waals surface area contributed by atoms with Crippen molar-refractivity contribution in [2.24, 2.45) is 0 Å². The molecule has 1 fully saturated rings. The molecule has 6 nitrogen and oxygen atoms in total. The summed E-state index contributed by atoms with van der Waals surface area (Å²) in [7, 11) is 1.42. The van der Waals surface area contributed by atoms with Crippen molar-refractivity contribution >= 4 is 11.9 Å². The molecule has 0 radical (unpaired) electrons. The second-order valence-corrected chi connectivity index (χ2v) is 4.35. The van der Waals surface area contributed by atoms with Gasteiger partial charge < -0.3 is 19.9 Å². The van der Waals surface area contributed by atoms with Gasteiger partial charge in [0.2, 0.25) is 0 Å². The van der Waals surface area contributed by atoms with E-state index in [0.29, 0.717) is 13.0 Å². The molecule has 0 aliphatic carbocycles. The maximum atomic E-state index is 11.8. The molecule has 6 heteroatoms. The fourth-order valence-corrected chi connectivity index (χ4v) is 1.79. The Labute approximate surface area is 100 Å². The van der Waals surface area contributed by atoms with Crippen molar-refractivity contribution in [2.75, 3.05) is 20.3 Å². The highest BCUT2D eigenvalue weighted by atomic mass is 16.5. The minimum absolute atomic E-state index is 0.131. The van der Waals surface area contributed by atoms with Gasteiger partial charge in [0, 0.05) is 20.3 Å². The van der Waals surface area contributed by atoms with Crippen LogP contribution in [0.3, 0.4) is 0 Å². The minimum Gasteiger partial charge on any atom is -0.481 e. The number of hydrogen-bond acceptors (Lipinski definition) is 4. The van der Waals surface area contributed by atoms with Gasteiger partial charge in [-0.1, -0.05) is 0 Å². The van der Waals surface area contributed by atoms with E-state index in [-0.39, 0.29) is 18.9 Å². The number of aliphatic carboxylic acids is 1. The van der Waals surface area contributed by atoms with Crippen LogP contribution in [0.25, 0.3) is 0 Å². The predicted octanol–water partition coefficient (Wildman–Crippen LogP) is 0.161. The first-order chi connectivity index (χ1) is 7.98. The Morgan fingerprint density at radius 3 is 2.76 bits per heavy atom. The third kappa shape index (κ3) is 3.98. The molecule has 1 rings (SSSR count). The number of carboxylic acid groups (broad SMARTS) is 1. The van der Waals surface area contributed by atoms with Gasteiger partial charge in [-0.05, 0) is 19.8 Å². The van der Waals surface area contributed by atoms with E-state index in [0.717, 1.165) is 6.42 Å². The quantitative estimate of drug-likeness (QED) is 0.696. The predicted molar refractivity (Wildman–Crippen MR) is 59.7 cm³/mol. The molecule has 0 aromatic rings. The first-order valence-electron chi connectivity index (χ1n) is 5.65. The van der Waals surface area contributed by atoms with Gasteiger partial charge in [0.25, 0.3) is 5.91 Å². The van der Waals surface area contributed by atoms with Crippen molar-refractivity contribution in [2.45, 2.75) is 37.9 Å².